The number of anilines is 1. The number of nitrogen functional groups attached to an aromatic ring is 1. The van der Waals surface area contributed by atoms with E-state index in [1.165, 1.54) is 24.1 Å². The number of nitrogens with zero attached hydrogens (tertiary/aromatic N) is 4. The lowest BCUT2D eigenvalue weighted by molar-refractivity contribution is -0.251. The minimum Gasteiger partial charge on any atom is -0.384 e. The van der Waals surface area contributed by atoms with Crippen molar-refractivity contribution in [3.05, 3.63) is 30.0 Å². The highest BCUT2D eigenvalue weighted by molar-refractivity contribution is 5.47. The van der Waals surface area contributed by atoms with Gasteiger partial charge in [-0.3, -0.25) is 0 Å². The fourth-order valence-electron chi connectivity index (χ4n) is 2.18. The van der Waals surface area contributed by atoms with Crippen LogP contribution < -0.4 is 5.73 Å². The lowest BCUT2D eigenvalue weighted by Gasteiger charge is -2.29. The van der Waals surface area contributed by atoms with Crippen molar-refractivity contribution in [2.45, 2.75) is 31.7 Å². The molecule has 2 heterocycles. The van der Waals surface area contributed by atoms with Gasteiger partial charge in [0.2, 0.25) is 5.60 Å². The van der Waals surface area contributed by atoms with Gasteiger partial charge in [0.05, 0.1) is 11.8 Å². The molecule has 2 aromatic rings. The number of hydrogen-bond donors (Lipinski definition) is 2. The number of rotatable bonds is 3. The number of aromatic nitrogens is 4. The molecule has 0 radical (unpaired) electrons. The second-order valence-corrected chi connectivity index (χ2v) is 5.05. The van der Waals surface area contributed by atoms with Gasteiger partial charge >= 0.3 is 6.18 Å². The van der Waals surface area contributed by atoms with E-state index in [9.17, 15) is 18.3 Å². The first-order chi connectivity index (χ1) is 9.60. The van der Waals surface area contributed by atoms with E-state index >= 15 is 0 Å². The van der Waals surface area contributed by atoms with E-state index in [4.69, 9.17) is 5.73 Å². The quantitative estimate of drug-likeness (QED) is 0.902. The Morgan fingerprint density at radius 1 is 1.33 bits per heavy atom. The average Bonchev–Trinajstić information content (AvgIpc) is 2.93. The summed E-state index contributed by atoms with van der Waals surface area (Å²) in [6, 6.07) is -0.238. The van der Waals surface area contributed by atoms with Crippen LogP contribution in [0.5, 0.6) is 0 Å². The zero-order chi connectivity index (χ0) is 16.0. The van der Waals surface area contributed by atoms with E-state index < -0.39 is 23.2 Å². The number of halogens is 3. The van der Waals surface area contributed by atoms with Crippen molar-refractivity contribution in [2.75, 3.05) is 5.73 Å². The third kappa shape index (κ3) is 2.17. The third-order valence-corrected chi connectivity index (χ3v) is 3.27. The third-order valence-electron chi connectivity index (χ3n) is 3.27. The first-order valence-corrected chi connectivity index (χ1v) is 6.21. The second kappa shape index (κ2) is 4.76. The standard InChI is InChI=1S/C12H16F3N5O/c1-7(2)20-9(16)8(6-18-20)11(21,12(13,14)15)10-17-4-5-19(10)3/h4-7,21H,16H2,1-3H3/t11-/m0/s1. The van der Waals surface area contributed by atoms with Crippen molar-refractivity contribution >= 4 is 5.82 Å². The van der Waals surface area contributed by atoms with Crippen LogP contribution in [0.3, 0.4) is 0 Å². The number of nitrogens with two attached hydrogens (primary N) is 1. The normalized spacial score (nSPS) is 15.4. The zero-order valence-electron chi connectivity index (χ0n) is 11.8. The number of alkyl halides is 3. The SMILES string of the molecule is CC(C)n1ncc([C@](O)(c2nccn2C)C(F)(F)F)c1N. The van der Waals surface area contributed by atoms with Crippen LogP contribution in [0, 0.1) is 0 Å². The van der Waals surface area contributed by atoms with Crippen LogP contribution in [0.2, 0.25) is 0 Å². The van der Waals surface area contributed by atoms with E-state index in [1.807, 2.05) is 0 Å². The van der Waals surface area contributed by atoms with Gasteiger partial charge in [0.25, 0.3) is 0 Å². The molecule has 1 atom stereocenters. The molecule has 9 heteroatoms. The smallest absolute Gasteiger partial charge is 0.384 e. The molecule has 21 heavy (non-hydrogen) atoms. The molecule has 2 aromatic heterocycles. The molecule has 116 valence electrons. The van der Waals surface area contributed by atoms with Gasteiger partial charge in [-0.25, -0.2) is 9.67 Å². The fraction of sp³-hybridized carbons (Fsp3) is 0.500. The summed E-state index contributed by atoms with van der Waals surface area (Å²) in [5, 5.41) is 14.2. The van der Waals surface area contributed by atoms with Gasteiger partial charge in [0, 0.05) is 25.5 Å². The van der Waals surface area contributed by atoms with Crippen molar-refractivity contribution in [3.8, 4) is 0 Å². The second-order valence-electron chi connectivity index (χ2n) is 5.05. The van der Waals surface area contributed by atoms with Gasteiger partial charge in [-0.05, 0) is 13.8 Å². The van der Waals surface area contributed by atoms with Gasteiger partial charge in [0.1, 0.15) is 5.82 Å². The predicted molar refractivity (Wildman–Crippen MR) is 69.3 cm³/mol. The molecule has 0 aliphatic heterocycles. The number of imidazole rings is 1. The van der Waals surface area contributed by atoms with E-state index in [1.54, 1.807) is 13.8 Å². The molecule has 2 rings (SSSR count). The van der Waals surface area contributed by atoms with Crippen molar-refractivity contribution in [1.29, 1.82) is 0 Å². The predicted octanol–water partition coefficient (Wildman–Crippen LogP) is 1.58. The van der Waals surface area contributed by atoms with Gasteiger partial charge in [-0.15, -0.1) is 0 Å². The highest BCUT2D eigenvalue weighted by Gasteiger charge is 2.60. The van der Waals surface area contributed by atoms with Crippen molar-refractivity contribution in [2.24, 2.45) is 7.05 Å². The maximum Gasteiger partial charge on any atom is 0.429 e. The van der Waals surface area contributed by atoms with Gasteiger partial charge in [-0.1, -0.05) is 0 Å². The molecule has 3 N–H and O–H groups in total. The number of hydrogen-bond acceptors (Lipinski definition) is 4. The zero-order valence-corrected chi connectivity index (χ0v) is 11.8. The highest BCUT2D eigenvalue weighted by atomic mass is 19.4. The van der Waals surface area contributed by atoms with E-state index in [-0.39, 0.29) is 11.9 Å². The molecule has 0 fully saturated rings. The van der Waals surface area contributed by atoms with Crippen LogP contribution in [-0.4, -0.2) is 30.6 Å². The molecule has 0 spiro atoms. The monoisotopic (exact) mass is 303 g/mol. The van der Waals surface area contributed by atoms with Gasteiger partial charge in [-0.2, -0.15) is 18.3 Å². The Bertz CT molecular complexity index is 646. The molecule has 0 saturated carbocycles. The van der Waals surface area contributed by atoms with Crippen molar-refractivity contribution in [3.63, 3.8) is 0 Å². The number of aryl methyl sites for hydroxylation is 1. The van der Waals surface area contributed by atoms with Crippen LogP contribution >= 0.6 is 0 Å². The minimum absolute atomic E-state index is 0.238. The van der Waals surface area contributed by atoms with E-state index in [2.05, 4.69) is 10.1 Å². The first-order valence-electron chi connectivity index (χ1n) is 6.21. The largest absolute Gasteiger partial charge is 0.429 e. The molecule has 6 nitrogen and oxygen atoms in total. The minimum atomic E-state index is -4.99. The lowest BCUT2D eigenvalue weighted by Crippen LogP contribution is -2.45. The molecule has 0 unspecified atom stereocenters. The van der Waals surface area contributed by atoms with Crippen LogP contribution in [0.4, 0.5) is 19.0 Å². The highest BCUT2D eigenvalue weighted by Crippen LogP contribution is 2.45. The van der Waals surface area contributed by atoms with Crippen LogP contribution in [0.25, 0.3) is 0 Å². The fourth-order valence-corrected chi connectivity index (χ4v) is 2.18. The van der Waals surface area contributed by atoms with Crippen LogP contribution in [0.1, 0.15) is 31.3 Å². The maximum atomic E-state index is 13.5. The summed E-state index contributed by atoms with van der Waals surface area (Å²) in [5.41, 5.74) is 1.90. The van der Waals surface area contributed by atoms with E-state index in [0.717, 1.165) is 10.8 Å². The summed E-state index contributed by atoms with van der Waals surface area (Å²) >= 11 is 0. The van der Waals surface area contributed by atoms with Gasteiger partial charge < -0.3 is 15.4 Å². The molecule has 0 saturated heterocycles. The topological polar surface area (TPSA) is 81.9 Å². The lowest BCUT2D eigenvalue weighted by atomic mass is 9.94. The summed E-state index contributed by atoms with van der Waals surface area (Å²) in [6.45, 7) is 3.45. The molecule has 0 aromatic carbocycles. The summed E-state index contributed by atoms with van der Waals surface area (Å²) < 4.78 is 42.9. The van der Waals surface area contributed by atoms with Crippen LogP contribution in [0.15, 0.2) is 18.6 Å². The van der Waals surface area contributed by atoms with Crippen LogP contribution in [-0.2, 0) is 12.6 Å². The maximum absolute atomic E-state index is 13.5. The summed E-state index contributed by atoms with van der Waals surface area (Å²) in [6.07, 6.45) is -1.58. The molecule has 0 bridgehead atoms. The molecule has 0 amide bonds. The molecule has 0 aliphatic rings. The Morgan fingerprint density at radius 2 is 1.95 bits per heavy atom. The summed E-state index contributed by atoms with van der Waals surface area (Å²) in [4.78, 5) is 3.63. The van der Waals surface area contributed by atoms with Crippen molar-refractivity contribution < 1.29 is 18.3 Å². The molecule has 0 aliphatic carbocycles. The summed E-state index contributed by atoms with van der Waals surface area (Å²) in [7, 11) is 1.36. The first kappa shape index (κ1) is 15.4. The molecular weight excluding hydrogens is 287 g/mol. The van der Waals surface area contributed by atoms with E-state index in [0.29, 0.717) is 0 Å². The Hall–Kier alpha value is -2.03. The Balaban J connectivity index is 2.71. The average molecular weight is 303 g/mol. The van der Waals surface area contributed by atoms with Gasteiger partial charge in [0.15, 0.2) is 5.82 Å². The Kier molecular flexibility index (Phi) is 3.48. The number of aliphatic hydroxyl groups is 1. The Morgan fingerprint density at radius 3 is 2.33 bits per heavy atom. The molecular formula is C12H16F3N5O. The Labute approximate surface area is 119 Å². The van der Waals surface area contributed by atoms with Crippen molar-refractivity contribution in [1.82, 2.24) is 19.3 Å². The summed E-state index contributed by atoms with van der Waals surface area (Å²) in [5.74, 6) is -0.808.